The van der Waals surface area contributed by atoms with Gasteiger partial charge in [-0.05, 0) is 37.0 Å². The molecule has 1 heterocycles. The highest BCUT2D eigenvalue weighted by atomic mass is 16.7. The normalized spacial score (nSPS) is 23.2. The minimum Gasteiger partial charge on any atom is -0.466 e. The average Bonchev–Trinajstić information content (AvgIpc) is 3.00. The van der Waals surface area contributed by atoms with Crippen molar-refractivity contribution in [1.82, 2.24) is 0 Å². The molecule has 1 aliphatic heterocycles. The van der Waals surface area contributed by atoms with Gasteiger partial charge in [-0.2, -0.15) is 0 Å². The molecule has 43 heavy (non-hydrogen) atoms. The van der Waals surface area contributed by atoms with Crippen LogP contribution in [0.25, 0.3) is 0 Å². The van der Waals surface area contributed by atoms with Gasteiger partial charge in [0.1, 0.15) is 6.29 Å². The summed E-state index contributed by atoms with van der Waals surface area (Å²) in [6.45, 7) is 7.83. The van der Waals surface area contributed by atoms with Crippen LogP contribution in [0.1, 0.15) is 84.6 Å². The van der Waals surface area contributed by atoms with Crippen molar-refractivity contribution >= 4 is 18.2 Å². The highest BCUT2D eigenvalue weighted by molar-refractivity contribution is 5.83. The summed E-state index contributed by atoms with van der Waals surface area (Å²) in [5.74, 6) is -2.71. The van der Waals surface area contributed by atoms with E-state index in [1.54, 1.807) is 26.8 Å². The fourth-order valence-electron chi connectivity index (χ4n) is 5.34. The van der Waals surface area contributed by atoms with Crippen molar-refractivity contribution in [2.75, 3.05) is 14.2 Å². The average molecular weight is 603 g/mol. The van der Waals surface area contributed by atoms with E-state index in [-0.39, 0.29) is 19.3 Å². The van der Waals surface area contributed by atoms with Crippen molar-refractivity contribution in [2.45, 2.75) is 116 Å². The van der Waals surface area contributed by atoms with Crippen molar-refractivity contribution in [3.63, 3.8) is 0 Å². The molecule has 1 saturated heterocycles. The van der Waals surface area contributed by atoms with E-state index in [9.17, 15) is 19.5 Å². The van der Waals surface area contributed by atoms with Crippen LogP contribution in [0.5, 0.6) is 0 Å². The summed E-state index contributed by atoms with van der Waals surface area (Å²) >= 11 is 0. The Bertz CT molecular complexity index is 1060. The summed E-state index contributed by atoms with van der Waals surface area (Å²) < 4.78 is 29.6. The number of aliphatic hydroxyl groups excluding tert-OH is 1. The second-order valence-electron chi connectivity index (χ2n) is 11.6. The molecule has 0 aliphatic carbocycles. The Morgan fingerprint density at radius 1 is 1.14 bits per heavy atom. The molecular formula is C34H50O9. The van der Waals surface area contributed by atoms with Gasteiger partial charge in [0.25, 0.3) is 0 Å². The Morgan fingerprint density at radius 2 is 1.84 bits per heavy atom. The first kappa shape index (κ1) is 36.3. The van der Waals surface area contributed by atoms with Crippen LogP contribution in [0.4, 0.5) is 0 Å². The minimum atomic E-state index is -1.64. The maximum atomic E-state index is 13.1. The van der Waals surface area contributed by atoms with Crippen LogP contribution in [0.15, 0.2) is 54.1 Å². The number of esters is 2. The largest absolute Gasteiger partial charge is 0.466 e. The van der Waals surface area contributed by atoms with Gasteiger partial charge in [0.2, 0.25) is 5.79 Å². The van der Waals surface area contributed by atoms with E-state index >= 15 is 0 Å². The van der Waals surface area contributed by atoms with Gasteiger partial charge in [-0.25, -0.2) is 4.79 Å². The fourth-order valence-corrected chi connectivity index (χ4v) is 5.34. The number of hydrogen-bond donors (Lipinski definition) is 1. The maximum absolute atomic E-state index is 13.1. The molecule has 240 valence electrons. The molecule has 0 aromatic heterocycles. The van der Waals surface area contributed by atoms with E-state index in [2.05, 4.69) is 6.92 Å². The van der Waals surface area contributed by atoms with E-state index in [1.807, 2.05) is 30.3 Å². The molecule has 5 atom stereocenters. The predicted molar refractivity (Wildman–Crippen MR) is 163 cm³/mol. The molecule has 0 amide bonds. The standard InChI is InChI=1S/C34H50O9/c1-7-8-9-10-14-18-30(37)42-32-27(22-31(38)39-5)21-28(43-34(32,40-6)33(3,4)19-15-20-35)23-29(36)25(2)41-24-26-16-12-11-13-17-26/h11-13,15-17,19-20,22,25,28-29,32,36H,7-10,14,18,21,23-24H2,1-6H3/b19-15+,27-22+/t25-,28+,29-,32+,34-/m1/s1. The van der Waals surface area contributed by atoms with Gasteiger partial charge in [0.05, 0.1) is 32.0 Å². The van der Waals surface area contributed by atoms with E-state index < -0.39 is 47.6 Å². The number of ether oxygens (including phenoxy) is 5. The smallest absolute Gasteiger partial charge is 0.330 e. The van der Waals surface area contributed by atoms with Gasteiger partial charge in [0.15, 0.2) is 6.10 Å². The fraction of sp³-hybridized carbons (Fsp3) is 0.618. The predicted octanol–water partition coefficient (Wildman–Crippen LogP) is 5.63. The summed E-state index contributed by atoms with van der Waals surface area (Å²) in [5, 5.41) is 11.1. The van der Waals surface area contributed by atoms with Gasteiger partial charge >= 0.3 is 11.9 Å². The zero-order valence-corrected chi connectivity index (χ0v) is 26.6. The lowest BCUT2D eigenvalue weighted by Crippen LogP contribution is -2.63. The first-order valence-electron chi connectivity index (χ1n) is 15.2. The number of methoxy groups -OCH3 is 2. The van der Waals surface area contributed by atoms with Gasteiger partial charge in [-0.3, -0.25) is 9.59 Å². The molecule has 1 fully saturated rings. The number of hydrogen-bond acceptors (Lipinski definition) is 9. The highest BCUT2D eigenvalue weighted by Crippen LogP contribution is 2.48. The Balaban J connectivity index is 2.38. The van der Waals surface area contributed by atoms with Crippen LogP contribution in [0.3, 0.4) is 0 Å². The summed E-state index contributed by atoms with van der Waals surface area (Å²) in [5.41, 5.74) is 0.390. The third-order valence-electron chi connectivity index (χ3n) is 7.92. The van der Waals surface area contributed by atoms with Crippen molar-refractivity contribution in [3.8, 4) is 0 Å². The van der Waals surface area contributed by atoms with Gasteiger partial charge in [-0.15, -0.1) is 0 Å². The Kier molecular flexibility index (Phi) is 15.3. The minimum absolute atomic E-state index is 0.144. The molecule has 1 aromatic carbocycles. The Hall–Kier alpha value is -2.85. The zero-order valence-electron chi connectivity index (χ0n) is 26.6. The third kappa shape index (κ3) is 10.7. The molecule has 9 heteroatoms. The first-order chi connectivity index (χ1) is 20.5. The highest BCUT2D eigenvalue weighted by Gasteiger charge is 2.59. The van der Waals surface area contributed by atoms with Crippen molar-refractivity contribution in [3.05, 3.63) is 59.7 Å². The second-order valence-corrected chi connectivity index (χ2v) is 11.6. The zero-order chi connectivity index (χ0) is 31.9. The Labute approximate surface area is 256 Å². The van der Waals surface area contributed by atoms with Crippen LogP contribution in [-0.4, -0.2) is 67.8 Å². The second kappa shape index (κ2) is 18.1. The SMILES string of the molecule is CCCCCCCC(=O)O[C@H]1/C(=C/C(=O)OC)C[C@@H](C[C@@H](O)[C@@H](C)OCc2ccccc2)O[C@@]1(OC)C(C)(C)/C=C/C=O. The maximum Gasteiger partial charge on any atom is 0.330 e. The summed E-state index contributed by atoms with van der Waals surface area (Å²) in [7, 11) is 2.70. The molecule has 0 radical (unpaired) electrons. The monoisotopic (exact) mass is 602 g/mol. The van der Waals surface area contributed by atoms with E-state index in [0.29, 0.717) is 24.9 Å². The van der Waals surface area contributed by atoms with Gasteiger partial charge in [-0.1, -0.05) is 82.9 Å². The van der Waals surface area contributed by atoms with Crippen molar-refractivity contribution in [2.24, 2.45) is 5.41 Å². The first-order valence-corrected chi connectivity index (χ1v) is 15.2. The number of carbonyl (C=O) groups excluding carboxylic acids is 3. The summed E-state index contributed by atoms with van der Waals surface area (Å²) in [6.07, 6.45) is 7.00. The molecule has 0 unspecified atom stereocenters. The van der Waals surface area contributed by atoms with E-state index in [4.69, 9.17) is 23.7 Å². The van der Waals surface area contributed by atoms with Crippen molar-refractivity contribution in [1.29, 1.82) is 0 Å². The van der Waals surface area contributed by atoms with Gasteiger partial charge in [0, 0.05) is 31.4 Å². The molecule has 0 bridgehead atoms. The lowest BCUT2D eigenvalue weighted by molar-refractivity contribution is -0.338. The third-order valence-corrected chi connectivity index (χ3v) is 7.92. The molecule has 1 aliphatic rings. The number of aliphatic hydroxyl groups is 1. The quantitative estimate of drug-likeness (QED) is 0.0988. The number of benzene rings is 1. The van der Waals surface area contributed by atoms with E-state index in [1.165, 1.54) is 26.4 Å². The molecule has 0 spiro atoms. The number of rotatable bonds is 18. The number of allylic oxidation sites excluding steroid dienone is 1. The van der Waals surface area contributed by atoms with Gasteiger partial charge < -0.3 is 28.8 Å². The summed E-state index contributed by atoms with van der Waals surface area (Å²) in [4.78, 5) is 36.9. The molecule has 0 saturated carbocycles. The lowest BCUT2D eigenvalue weighted by Gasteiger charge is -2.53. The lowest BCUT2D eigenvalue weighted by atomic mass is 9.74. The van der Waals surface area contributed by atoms with Crippen LogP contribution in [0.2, 0.25) is 0 Å². The Morgan fingerprint density at radius 3 is 2.47 bits per heavy atom. The molecule has 2 rings (SSSR count). The molecule has 1 N–H and O–H groups in total. The number of aldehydes is 1. The summed E-state index contributed by atoms with van der Waals surface area (Å²) in [6, 6.07) is 9.66. The molecule has 1 aromatic rings. The van der Waals surface area contributed by atoms with Crippen LogP contribution < -0.4 is 0 Å². The van der Waals surface area contributed by atoms with Crippen molar-refractivity contribution < 1.29 is 43.2 Å². The number of unbranched alkanes of at least 4 members (excludes halogenated alkanes) is 4. The molecule has 9 nitrogen and oxygen atoms in total. The van der Waals surface area contributed by atoms with Crippen LogP contribution >= 0.6 is 0 Å². The molecular weight excluding hydrogens is 552 g/mol. The van der Waals surface area contributed by atoms with Crippen LogP contribution in [-0.2, 0) is 44.7 Å². The topological polar surface area (TPSA) is 118 Å². The van der Waals surface area contributed by atoms with Crippen LogP contribution in [0, 0.1) is 5.41 Å². The number of carbonyl (C=O) groups is 3. The van der Waals surface area contributed by atoms with E-state index in [0.717, 1.165) is 31.2 Å².